The van der Waals surface area contributed by atoms with Gasteiger partial charge in [0.2, 0.25) is 0 Å². The van der Waals surface area contributed by atoms with Crippen LogP contribution < -0.4 is 0 Å². The summed E-state index contributed by atoms with van der Waals surface area (Å²) < 4.78 is 0. The summed E-state index contributed by atoms with van der Waals surface area (Å²) in [6, 6.07) is -0.741. The number of nitrogens with zero attached hydrogens (tertiary/aromatic N) is 2. The molecule has 5 rings (SSSR count). The van der Waals surface area contributed by atoms with E-state index in [0.29, 0.717) is 42.9 Å². The molecule has 0 aromatic carbocycles. The van der Waals surface area contributed by atoms with Gasteiger partial charge in [0.15, 0.2) is 6.61 Å². The van der Waals surface area contributed by atoms with Gasteiger partial charge in [-0.25, -0.2) is 4.79 Å². The van der Waals surface area contributed by atoms with Gasteiger partial charge < -0.3 is 14.8 Å². The Labute approximate surface area is 208 Å². The van der Waals surface area contributed by atoms with E-state index in [1.165, 1.54) is 29.7 Å². The Hall–Kier alpha value is -2.18. The third-order valence-electron chi connectivity index (χ3n) is 10.7. The molecule has 0 radical (unpaired) electrons. The van der Waals surface area contributed by atoms with E-state index in [1.54, 1.807) is 6.92 Å². The maximum absolute atomic E-state index is 12.5. The lowest BCUT2D eigenvalue weighted by atomic mass is 9.46. The van der Waals surface area contributed by atoms with Crippen molar-refractivity contribution in [2.24, 2.45) is 39.7 Å². The third kappa shape index (κ3) is 4.03. The highest BCUT2D eigenvalue weighted by Gasteiger charge is 2.59. The molecule has 7 nitrogen and oxygen atoms in total. The van der Waals surface area contributed by atoms with E-state index < -0.39 is 12.0 Å². The lowest BCUT2D eigenvalue weighted by molar-refractivity contribution is -0.150. The van der Waals surface area contributed by atoms with Crippen molar-refractivity contribution in [3.63, 3.8) is 0 Å². The molecule has 0 bridgehead atoms. The van der Waals surface area contributed by atoms with Crippen LogP contribution >= 0.6 is 0 Å². The van der Waals surface area contributed by atoms with Crippen LogP contribution in [0.1, 0.15) is 85.0 Å². The number of Topliss-reactive ketones (excluding diaryl/α,β-unsaturated/α-hetero) is 1. The van der Waals surface area contributed by atoms with Crippen molar-refractivity contribution in [1.82, 2.24) is 4.90 Å². The number of allylic oxidation sites excluding steroid dienone is 2. The van der Waals surface area contributed by atoms with Gasteiger partial charge in [-0.3, -0.25) is 9.59 Å². The average molecular weight is 485 g/mol. The molecule has 0 aromatic heterocycles. The van der Waals surface area contributed by atoms with Crippen molar-refractivity contribution in [2.75, 3.05) is 13.2 Å². The Morgan fingerprint density at radius 2 is 1.89 bits per heavy atom. The maximum atomic E-state index is 12.5. The monoisotopic (exact) mass is 484 g/mol. The van der Waals surface area contributed by atoms with Gasteiger partial charge in [-0.2, -0.15) is 0 Å². The minimum absolute atomic E-state index is 0.178. The zero-order chi connectivity index (χ0) is 25.0. The molecule has 5 aliphatic rings. The third-order valence-corrected chi connectivity index (χ3v) is 10.7. The van der Waals surface area contributed by atoms with E-state index in [4.69, 9.17) is 4.84 Å². The number of amides is 1. The molecule has 0 spiro atoms. The van der Waals surface area contributed by atoms with Crippen molar-refractivity contribution in [3.8, 4) is 0 Å². The highest BCUT2D eigenvalue weighted by molar-refractivity contribution is 5.96. The number of carbonyl (C=O) groups is 3. The van der Waals surface area contributed by atoms with Crippen LogP contribution in [-0.4, -0.2) is 52.6 Å². The summed E-state index contributed by atoms with van der Waals surface area (Å²) in [6.07, 6.45) is 12.2. The van der Waals surface area contributed by atoms with E-state index in [-0.39, 0.29) is 29.3 Å². The van der Waals surface area contributed by atoms with E-state index in [9.17, 15) is 19.5 Å². The first kappa shape index (κ1) is 24.5. The second-order valence-electron chi connectivity index (χ2n) is 12.2. The van der Waals surface area contributed by atoms with Gasteiger partial charge in [-0.15, -0.1) is 0 Å². The zero-order valence-electron chi connectivity index (χ0n) is 21.4. The standard InChI is InChI=1S/C28H40N2O5/c1-17(31)21-8-9-22-20-7-6-18-15-19(10-12-27(18,2)23(20)11-13-28(21,22)3)29-35-16-25(32)30-14-4-5-24(30)26(33)34/h15,20-24H,4-14,16H2,1-3H3,(H,33,34)/b29-19+/t20-,21+,22-,23-,24+,27-,28+/m0/s1. The van der Waals surface area contributed by atoms with Crippen molar-refractivity contribution < 1.29 is 24.3 Å². The molecule has 1 saturated heterocycles. The fraction of sp³-hybridized carbons (Fsp3) is 0.786. The smallest absolute Gasteiger partial charge is 0.326 e. The fourth-order valence-corrected chi connectivity index (χ4v) is 8.89. The predicted octanol–water partition coefficient (Wildman–Crippen LogP) is 4.60. The quantitative estimate of drug-likeness (QED) is 0.575. The molecular weight excluding hydrogens is 444 g/mol. The average Bonchev–Trinajstić information content (AvgIpc) is 3.44. The maximum Gasteiger partial charge on any atom is 0.326 e. The van der Waals surface area contributed by atoms with Crippen molar-refractivity contribution >= 4 is 23.4 Å². The van der Waals surface area contributed by atoms with Crippen LogP contribution in [0.5, 0.6) is 0 Å². The second-order valence-corrected chi connectivity index (χ2v) is 12.2. The number of oxime groups is 1. The SMILES string of the molecule is CC(=O)[C@H]1CC[C@H]2[C@@H]3CCC4=C/C(=N/OCC(=O)N5CCC[C@@H]5C(=O)O)CC[C@]4(C)[C@H]3CC[C@]12C. The molecule has 1 heterocycles. The van der Waals surface area contributed by atoms with E-state index in [1.807, 2.05) is 0 Å². The molecule has 7 heteroatoms. The molecule has 4 fully saturated rings. The first-order chi connectivity index (χ1) is 16.6. The Morgan fingerprint density at radius 1 is 1.09 bits per heavy atom. The van der Waals surface area contributed by atoms with Crippen LogP contribution in [0.4, 0.5) is 0 Å². The van der Waals surface area contributed by atoms with Gasteiger partial charge in [0.1, 0.15) is 11.8 Å². The second kappa shape index (κ2) is 9.04. The first-order valence-corrected chi connectivity index (χ1v) is 13.6. The number of ketones is 1. The van der Waals surface area contributed by atoms with Crippen molar-refractivity contribution in [1.29, 1.82) is 0 Å². The zero-order valence-corrected chi connectivity index (χ0v) is 21.4. The number of fused-ring (bicyclic) bond motifs is 5. The first-order valence-electron chi connectivity index (χ1n) is 13.6. The van der Waals surface area contributed by atoms with Crippen LogP contribution in [-0.2, 0) is 19.2 Å². The highest BCUT2D eigenvalue weighted by atomic mass is 16.6. The Balaban J connectivity index is 1.24. The van der Waals surface area contributed by atoms with Crippen LogP contribution in [0.3, 0.4) is 0 Å². The number of hydrogen-bond acceptors (Lipinski definition) is 5. The fourth-order valence-electron chi connectivity index (χ4n) is 8.89. The molecule has 1 N–H and O–H groups in total. The lowest BCUT2D eigenvalue weighted by Gasteiger charge is -2.58. The Kier molecular flexibility index (Phi) is 6.33. The van der Waals surface area contributed by atoms with E-state index in [0.717, 1.165) is 37.8 Å². The number of carboxylic acids is 1. The molecule has 1 aliphatic heterocycles. The highest BCUT2D eigenvalue weighted by Crippen LogP contribution is 2.66. The molecule has 35 heavy (non-hydrogen) atoms. The van der Waals surface area contributed by atoms with Gasteiger partial charge in [0, 0.05) is 12.5 Å². The summed E-state index contributed by atoms with van der Waals surface area (Å²) in [7, 11) is 0. The van der Waals surface area contributed by atoms with Gasteiger partial charge in [-0.1, -0.05) is 24.6 Å². The number of aliphatic carboxylic acids is 1. The molecule has 4 aliphatic carbocycles. The van der Waals surface area contributed by atoms with Gasteiger partial charge in [0.05, 0.1) is 5.71 Å². The Bertz CT molecular complexity index is 972. The van der Waals surface area contributed by atoms with Gasteiger partial charge in [-0.05, 0) is 106 Å². The van der Waals surface area contributed by atoms with Gasteiger partial charge in [0.25, 0.3) is 5.91 Å². The van der Waals surface area contributed by atoms with Crippen molar-refractivity contribution in [2.45, 2.75) is 91.0 Å². The van der Waals surface area contributed by atoms with Crippen LogP contribution in [0, 0.1) is 34.5 Å². The minimum atomic E-state index is -0.952. The van der Waals surface area contributed by atoms with Crippen LogP contribution in [0.25, 0.3) is 0 Å². The normalized spacial score (nSPS) is 41.6. The summed E-state index contributed by atoms with van der Waals surface area (Å²) in [5.41, 5.74) is 2.71. The minimum Gasteiger partial charge on any atom is -0.480 e. The summed E-state index contributed by atoms with van der Waals surface area (Å²) in [5, 5.41) is 13.6. The summed E-state index contributed by atoms with van der Waals surface area (Å²) in [5.74, 6) is 1.41. The summed E-state index contributed by atoms with van der Waals surface area (Å²) in [6.45, 7) is 6.88. The number of likely N-dealkylation sites (tertiary alicyclic amines) is 1. The topological polar surface area (TPSA) is 96.3 Å². The molecule has 0 aromatic rings. The molecule has 7 atom stereocenters. The van der Waals surface area contributed by atoms with E-state index in [2.05, 4.69) is 25.1 Å². The number of rotatable bonds is 5. The number of carbonyl (C=O) groups excluding carboxylic acids is 2. The predicted molar refractivity (Wildman–Crippen MR) is 132 cm³/mol. The van der Waals surface area contributed by atoms with Gasteiger partial charge >= 0.3 is 5.97 Å². The molecule has 0 unspecified atom stereocenters. The molecule has 1 amide bonds. The van der Waals surface area contributed by atoms with Crippen molar-refractivity contribution in [3.05, 3.63) is 11.6 Å². The number of carboxylic acid groups (broad SMARTS) is 1. The number of hydrogen-bond donors (Lipinski definition) is 1. The summed E-state index contributed by atoms with van der Waals surface area (Å²) in [4.78, 5) is 43.0. The lowest BCUT2D eigenvalue weighted by Crippen LogP contribution is -2.51. The van der Waals surface area contributed by atoms with Crippen LogP contribution in [0.15, 0.2) is 16.8 Å². The Morgan fingerprint density at radius 3 is 2.63 bits per heavy atom. The molecular formula is C28H40N2O5. The largest absolute Gasteiger partial charge is 0.480 e. The van der Waals surface area contributed by atoms with E-state index >= 15 is 0 Å². The van der Waals surface area contributed by atoms with Crippen LogP contribution in [0.2, 0.25) is 0 Å². The molecule has 192 valence electrons. The molecule has 3 saturated carbocycles. The summed E-state index contributed by atoms with van der Waals surface area (Å²) >= 11 is 0.